The van der Waals surface area contributed by atoms with E-state index in [0.29, 0.717) is 5.56 Å². The molecular formula is C18H18N2O5. The number of nitrogens with two attached hydrogens (primary N) is 1. The second-order valence-corrected chi connectivity index (χ2v) is 5.76. The summed E-state index contributed by atoms with van der Waals surface area (Å²) in [6.45, 7) is 5.12. The maximum atomic E-state index is 12.5. The maximum Gasteiger partial charge on any atom is 0.339 e. The molecule has 0 saturated carbocycles. The van der Waals surface area contributed by atoms with Crippen LogP contribution in [0.25, 0.3) is 0 Å². The number of nitrogens with zero attached hydrogens (tertiary/aromatic N) is 1. The highest BCUT2D eigenvalue weighted by Gasteiger charge is 2.23. The molecule has 0 unspecified atom stereocenters. The monoisotopic (exact) mass is 342 g/mol. The average Bonchev–Trinajstić information content (AvgIpc) is 2.56. The van der Waals surface area contributed by atoms with Crippen molar-refractivity contribution in [3.05, 3.63) is 68.8 Å². The summed E-state index contributed by atoms with van der Waals surface area (Å²) in [6.07, 6.45) is -1.02. The fraction of sp³-hybridized carbons (Fsp3) is 0.222. The number of nitro benzene ring substituents is 1. The average molecular weight is 342 g/mol. The first kappa shape index (κ1) is 18.1. The summed E-state index contributed by atoms with van der Waals surface area (Å²) >= 11 is 0. The first-order chi connectivity index (χ1) is 11.7. The zero-order chi connectivity index (χ0) is 18.7. The molecule has 0 aliphatic carbocycles. The molecule has 2 aromatic carbocycles. The lowest BCUT2D eigenvalue weighted by Gasteiger charge is -2.14. The second kappa shape index (κ2) is 7.12. The zero-order valence-corrected chi connectivity index (χ0v) is 14.1. The summed E-state index contributed by atoms with van der Waals surface area (Å²) in [5, 5.41) is 10.9. The number of anilines is 1. The Labute approximate surface area is 144 Å². The minimum atomic E-state index is -1.02. The Bertz CT molecular complexity index is 861. The van der Waals surface area contributed by atoms with Crippen LogP contribution in [0.5, 0.6) is 0 Å². The number of carbonyl (C=O) groups excluding carboxylic acids is 2. The summed E-state index contributed by atoms with van der Waals surface area (Å²) in [6, 6.07) is 9.05. The molecule has 0 bridgehead atoms. The number of esters is 1. The van der Waals surface area contributed by atoms with E-state index in [-0.39, 0.29) is 22.7 Å². The summed E-state index contributed by atoms with van der Waals surface area (Å²) in [5.41, 5.74) is 7.19. The van der Waals surface area contributed by atoms with Crippen LogP contribution in [-0.2, 0) is 4.74 Å². The van der Waals surface area contributed by atoms with E-state index in [0.717, 1.165) is 17.2 Å². The second-order valence-electron chi connectivity index (χ2n) is 5.76. The van der Waals surface area contributed by atoms with E-state index in [9.17, 15) is 19.7 Å². The summed E-state index contributed by atoms with van der Waals surface area (Å²) in [4.78, 5) is 34.9. The number of Topliss-reactive ketones (excluding diaryl/α,β-unsaturated/α-hetero) is 1. The number of ether oxygens (including phenoxy) is 1. The molecule has 1 atom stereocenters. The SMILES string of the molecule is Cc1ccc(C)c(C(=O)[C@@H](C)OC(=O)c2ccc(N)c([N+](=O)[O-])c2)c1. The van der Waals surface area contributed by atoms with E-state index in [1.807, 2.05) is 19.1 Å². The Kier molecular flexibility index (Phi) is 5.17. The molecule has 7 nitrogen and oxygen atoms in total. The molecular weight excluding hydrogens is 324 g/mol. The summed E-state index contributed by atoms with van der Waals surface area (Å²) < 4.78 is 5.17. The number of ketones is 1. The van der Waals surface area contributed by atoms with Crippen molar-refractivity contribution in [1.82, 2.24) is 0 Å². The Morgan fingerprint density at radius 3 is 2.48 bits per heavy atom. The molecule has 0 aliphatic heterocycles. The van der Waals surface area contributed by atoms with Gasteiger partial charge in [0.25, 0.3) is 5.69 Å². The number of carbonyl (C=O) groups is 2. The smallest absolute Gasteiger partial charge is 0.339 e. The highest BCUT2D eigenvalue weighted by atomic mass is 16.6. The molecule has 2 N–H and O–H groups in total. The number of aryl methyl sites for hydroxylation is 2. The number of nitrogen functional groups attached to an aromatic ring is 1. The molecule has 0 spiro atoms. The third kappa shape index (κ3) is 4.00. The van der Waals surface area contributed by atoms with Crippen molar-refractivity contribution in [2.24, 2.45) is 0 Å². The molecule has 0 amide bonds. The van der Waals surface area contributed by atoms with Gasteiger partial charge in [0.1, 0.15) is 5.69 Å². The predicted molar refractivity (Wildman–Crippen MR) is 92.6 cm³/mol. The van der Waals surface area contributed by atoms with Gasteiger partial charge in [0.2, 0.25) is 5.78 Å². The Balaban J connectivity index is 2.20. The Hall–Kier alpha value is -3.22. The number of hydrogen-bond acceptors (Lipinski definition) is 6. The Morgan fingerprint density at radius 1 is 1.16 bits per heavy atom. The minimum Gasteiger partial charge on any atom is -0.451 e. The lowest BCUT2D eigenvalue weighted by molar-refractivity contribution is -0.383. The molecule has 25 heavy (non-hydrogen) atoms. The van der Waals surface area contributed by atoms with Crippen molar-refractivity contribution in [2.45, 2.75) is 26.9 Å². The molecule has 0 aliphatic rings. The quantitative estimate of drug-likeness (QED) is 0.293. The number of benzene rings is 2. The van der Waals surface area contributed by atoms with E-state index in [1.54, 1.807) is 13.0 Å². The predicted octanol–water partition coefficient (Wildman–Crippen LogP) is 3.22. The van der Waals surface area contributed by atoms with Gasteiger partial charge in [0.05, 0.1) is 10.5 Å². The van der Waals surface area contributed by atoms with Crippen molar-refractivity contribution < 1.29 is 19.2 Å². The van der Waals surface area contributed by atoms with Crippen molar-refractivity contribution in [1.29, 1.82) is 0 Å². The van der Waals surface area contributed by atoms with Gasteiger partial charge in [-0.1, -0.05) is 17.7 Å². The van der Waals surface area contributed by atoms with Crippen LogP contribution in [0.3, 0.4) is 0 Å². The Morgan fingerprint density at radius 2 is 1.84 bits per heavy atom. The number of hydrogen-bond donors (Lipinski definition) is 1. The van der Waals surface area contributed by atoms with Crippen molar-refractivity contribution >= 4 is 23.1 Å². The van der Waals surface area contributed by atoms with Crippen LogP contribution in [0.2, 0.25) is 0 Å². The molecule has 2 aromatic rings. The van der Waals surface area contributed by atoms with Crippen LogP contribution >= 0.6 is 0 Å². The van der Waals surface area contributed by atoms with Crippen LogP contribution in [0.4, 0.5) is 11.4 Å². The van der Waals surface area contributed by atoms with Gasteiger partial charge in [0.15, 0.2) is 6.10 Å². The van der Waals surface area contributed by atoms with Gasteiger partial charge in [-0.2, -0.15) is 0 Å². The van der Waals surface area contributed by atoms with Gasteiger partial charge in [-0.05, 0) is 44.5 Å². The van der Waals surface area contributed by atoms with E-state index in [2.05, 4.69) is 0 Å². The summed E-state index contributed by atoms with van der Waals surface area (Å²) in [5.74, 6) is -1.16. The van der Waals surface area contributed by atoms with Crippen LogP contribution in [0.15, 0.2) is 36.4 Å². The van der Waals surface area contributed by atoms with E-state index < -0.39 is 17.0 Å². The zero-order valence-electron chi connectivity index (χ0n) is 14.1. The lowest BCUT2D eigenvalue weighted by atomic mass is 9.99. The highest BCUT2D eigenvalue weighted by Crippen LogP contribution is 2.23. The van der Waals surface area contributed by atoms with E-state index >= 15 is 0 Å². The standard InChI is InChI=1S/C18H18N2O5/c1-10-4-5-11(2)14(8-10)17(21)12(3)25-18(22)13-6-7-15(19)16(9-13)20(23)24/h4-9,12H,19H2,1-3H3/t12-/m1/s1. The lowest BCUT2D eigenvalue weighted by Crippen LogP contribution is -2.25. The van der Waals surface area contributed by atoms with E-state index in [1.165, 1.54) is 19.1 Å². The normalized spacial score (nSPS) is 11.6. The molecule has 0 heterocycles. The van der Waals surface area contributed by atoms with Crippen LogP contribution in [0, 0.1) is 24.0 Å². The molecule has 0 radical (unpaired) electrons. The maximum absolute atomic E-state index is 12.5. The molecule has 130 valence electrons. The van der Waals surface area contributed by atoms with Gasteiger partial charge in [-0.25, -0.2) is 4.79 Å². The molecule has 0 saturated heterocycles. The van der Waals surface area contributed by atoms with Gasteiger partial charge >= 0.3 is 5.97 Å². The van der Waals surface area contributed by atoms with Gasteiger partial charge < -0.3 is 10.5 Å². The number of nitro groups is 1. The van der Waals surface area contributed by atoms with Gasteiger partial charge in [0, 0.05) is 11.6 Å². The van der Waals surface area contributed by atoms with Crippen LogP contribution in [-0.4, -0.2) is 22.8 Å². The number of rotatable bonds is 5. The fourth-order valence-corrected chi connectivity index (χ4v) is 2.33. The van der Waals surface area contributed by atoms with Crippen molar-refractivity contribution in [3.8, 4) is 0 Å². The summed E-state index contributed by atoms with van der Waals surface area (Å²) in [7, 11) is 0. The molecule has 7 heteroatoms. The topological polar surface area (TPSA) is 113 Å². The van der Waals surface area contributed by atoms with Crippen LogP contribution < -0.4 is 5.73 Å². The molecule has 2 rings (SSSR count). The molecule has 0 fully saturated rings. The minimum absolute atomic E-state index is 0.0403. The fourth-order valence-electron chi connectivity index (χ4n) is 2.33. The van der Waals surface area contributed by atoms with Gasteiger partial charge in [-0.15, -0.1) is 0 Å². The van der Waals surface area contributed by atoms with Crippen molar-refractivity contribution in [3.63, 3.8) is 0 Å². The third-order valence-electron chi connectivity index (χ3n) is 3.77. The third-order valence-corrected chi connectivity index (χ3v) is 3.77. The first-order valence-electron chi connectivity index (χ1n) is 7.57. The molecule has 0 aromatic heterocycles. The van der Waals surface area contributed by atoms with Crippen LogP contribution in [0.1, 0.15) is 38.8 Å². The highest BCUT2D eigenvalue weighted by molar-refractivity contribution is 6.02. The first-order valence-corrected chi connectivity index (χ1v) is 7.57. The van der Waals surface area contributed by atoms with E-state index in [4.69, 9.17) is 10.5 Å². The van der Waals surface area contributed by atoms with Gasteiger partial charge in [-0.3, -0.25) is 14.9 Å². The largest absolute Gasteiger partial charge is 0.451 e. The van der Waals surface area contributed by atoms with Crippen molar-refractivity contribution in [2.75, 3.05) is 5.73 Å².